The maximum atomic E-state index is 12.7. The Morgan fingerprint density at radius 2 is 1.64 bits per heavy atom. The van der Waals surface area contributed by atoms with E-state index in [0.29, 0.717) is 30.2 Å². The summed E-state index contributed by atoms with van der Waals surface area (Å²) >= 11 is 0. The Bertz CT molecular complexity index is 904. The first-order valence-corrected chi connectivity index (χ1v) is 9.84. The van der Waals surface area contributed by atoms with Gasteiger partial charge in [-0.15, -0.1) is 0 Å². The lowest BCUT2D eigenvalue weighted by Gasteiger charge is -2.29. The van der Waals surface area contributed by atoms with Crippen LogP contribution < -0.4 is 0 Å². The van der Waals surface area contributed by atoms with E-state index < -0.39 is 0 Å². The number of furan rings is 1. The largest absolute Gasteiger partial charge is 0.451 e. The average Bonchev–Trinajstić information content (AvgIpc) is 3.45. The second-order valence-electron chi connectivity index (χ2n) is 7.46. The first kappa shape index (κ1) is 18.3. The van der Waals surface area contributed by atoms with E-state index in [1.54, 1.807) is 29.2 Å². The van der Waals surface area contributed by atoms with Gasteiger partial charge in [0, 0.05) is 37.3 Å². The number of carbonyl (C=O) groups excluding carboxylic acids is 2. The minimum absolute atomic E-state index is 0.0455. The van der Waals surface area contributed by atoms with Gasteiger partial charge in [-0.3, -0.25) is 9.59 Å². The Hall–Kier alpha value is -3.07. The van der Waals surface area contributed by atoms with Crippen LogP contribution in [0.15, 0.2) is 40.8 Å². The summed E-state index contributed by atoms with van der Waals surface area (Å²) in [4.78, 5) is 28.7. The first-order valence-electron chi connectivity index (χ1n) is 9.84. The maximum absolute atomic E-state index is 12.7. The number of carbonyl (C=O) groups is 2. The van der Waals surface area contributed by atoms with E-state index in [0.717, 1.165) is 44.3 Å². The number of nitrogens with zero attached hydrogens (tertiary/aromatic N) is 3. The number of hydrogen-bond donors (Lipinski definition) is 0. The molecular weight excluding hydrogens is 354 g/mol. The third-order valence-corrected chi connectivity index (χ3v) is 5.52. The van der Waals surface area contributed by atoms with Crippen molar-refractivity contribution in [1.29, 1.82) is 5.26 Å². The van der Waals surface area contributed by atoms with Crippen molar-refractivity contribution >= 4 is 11.8 Å². The third kappa shape index (κ3) is 3.65. The van der Waals surface area contributed by atoms with Gasteiger partial charge in [0.2, 0.25) is 0 Å². The number of nitriles is 1. The Labute approximate surface area is 164 Å². The van der Waals surface area contributed by atoms with Crippen LogP contribution >= 0.6 is 0 Å². The molecule has 6 heteroatoms. The van der Waals surface area contributed by atoms with Crippen LogP contribution in [-0.4, -0.2) is 47.8 Å². The van der Waals surface area contributed by atoms with E-state index in [1.165, 1.54) is 0 Å². The van der Waals surface area contributed by atoms with Crippen molar-refractivity contribution in [3.05, 3.63) is 47.7 Å². The standard InChI is InChI=1S/C22H23N3O3/c23-14-16-4-3-13-25(15-16)21(26)18-7-5-17(6-8-18)19-9-10-20(28-19)22(27)24-11-1-2-12-24/h5-10,16H,1-4,11-13,15H2/t16-/m1/s1. The lowest BCUT2D eigenvalue weighted by Crippen LogP contribution is -2.39. The van der Waals surface area contributed by atoms with Crippen LogP contribution in [0.5, 0.6) is 0 Å². The second kappa shape index (κ2) is 7.89. The Morgan fingerprint density at radius 1 is 0.929 bits per heavy atom. The van der Waals surface area contributed by atoms with E-state index in [2.05, 4.69) is 6.07 Å². The summed E-state index contributed by atoms with van der Waals surface area (Å²) in [6, 6.07) is 13.0. The second-order valence-corrected chi connectivity index (χ2v) is 7.46. The van der Waals surface area contributed by atoms with Crippen molar-refractivity contribution < 1.29 is 14.0 Å². The molecule has 0 spiro atoms. The highest BCUT2D eigenvalue weighted by atomic mass is 16.4. The topological polar surface area (TPSA) is 77.5 Å². The summed E-state index contributed by atoms with van der Waals surface area (Å²) in [7, 11) is 0. The molecule has 1 atom stereocenters. The van der Waals surface area contributed by atoms with Gasteiger partial charge in [0.15, 0.2) is 5.76 Å². The predicted octanol–water partition coefficient (Wildman–Crippen LogP) is 3.56. The van der Waals surface area contributed by atoms with Crippen molar-refractivity contribution in [3.8, 4) is 17.4 Å². The number of rotatable bonds is 3. The molecule has 1 aromatic carbocycles. The summed E-state index contributed by atoms with van der Waals surface area (Å²) in [6.07, 6.45) is 3.81. The van der Waals surface area contributed by atoms with E-state index in [-0.39, 0.29) is 17.7 Å². The molecule has 2 aliphatic heterocycles. The molecule has 2 amide bonds. The molecule has 3 heterocycles. The first-order chi connectivity index (χ1) is 13.7. The molecule has 4 rings (SSSR count). The van der Waals surface area contributed by atoms with Gasteiger partial charge < -0.3 is 14.2 Å². The van der Waals surface area contributed by atoms with Crippen molar-refractivity contribution in [2.24, 2.45) is 5.92 Å². The molecule has 0 N–H and O–H groups in total. The van der Waals surface area contributed by atoms with Crippen LogP contribution in [-0.2, 0) is 0 Å². The molecule has 2 saturated heterocycles. The summed E-state index contributed by atoms with van der Waals surface area (Å²) in [5.41, 5.74) is 1.42. The molecule has 0 radical (unpaired) electrons. The summed E-state index contributed by atoms with van der Waals surface area (Å²) < 4.78 is 5.77. The van der Waals surface area contributed by atoms with Crippen LogP contribution in [0.4, 0.5) is 0 Å². The summed E-state index contributed by atoms with van der Waals surface area (Å²) in [5, 5.41) is 9.11. The molecule has 0 bridgehead atoms. The number of amides is 2. The number of benzene rings is 1. The summed E-state index contributed by atoms with van der Waals surface area (Å²) in [6.45, 7) is 2.76. The van der Waals surface area contributed by atoms with Crippen LogP contribution in [0.25, 0.3) is 11.3 Å². The highest BCUT2D eigenvalue weighted by Gasteiger charge is 2.25. The van der Waals surface area contributed by atoms with Gasteiger partial charge in [-0.1, -0.05) is 12.1 Å². The molecule has 0 saturated carbocycles. The molecule has 144 valence electrons. The third-order valence-electron chi connectivity index (χ3n) is 5.52. The van der Waals surface area contributed by atoms with Crippen LogP contribution in [0.2, 0.25) is 0 Å². The van der Waals surface area contributed by atoms with Gasteiger partial charge in [-0.25, -0.2) is 0 Å². The van der Waals surface area contributed by atoms with E-state index in [1.807, 2.05) is 17.0 Å². The number of hydrogen-bond acceptors (Lipinski definition) is 4. The molecule has 0 unspecified atom stereocenters. The van der Waals surface area contributed by atoms with Crippen LogP contribution in [0.3, 0.4) is 0 Å². The zero-order valence-corrected chi connectivity index (χ0v) is 15.8. The fourth-order valence-electron chi connectivity index (χ4n) is 3.91. The van der Waals surface area contributed by atoms with Crippen molar-refractivity contribution in [1.82, 2.24) is 9.80 Å². The lowest BCUT2D eigenvalue weighted by molar-refractivity contribution is 0.0698. The highest BCUT2D eigenvalue weighted by Crippen LogP contribution is 2.25. The van der Waals surface area contributed by atoms with Gasteiger partial charge in [0.05, 0.1) is 12.0 Å². The minimum Gasteiger partial charge on any atom is -0.451 e. The van der Waals surface area contributed by atoms with Crippen LogP contribution in [0.1, 0.15) is 46.6 Å². The van der Waals surface area contributed by atoms with Gasteiger partial charge in [-0.2, -0.15) is 5.26 Å². The van der Waals surface area contributed by atoms with Gasteiger partial charge in [0.1, 0.15) is 5.76 Å². The predicted molar refractivity (Wildman–Crippen MR) is 104 cm³/mol. The quantitative estimate of drug-likeness (QED) is 0.819. The lowest BCUT2D eigenvalue weighted by atomic mass is 9.99. The van der Waals surface area contributed by atoms with E-state index in [4.69, 9.17) is 9.68 Å². The molecule has 6 nitrogen and oxygen atoms in total. The van der Waals surface area contributed by atoms with Gasteiger partial charge >= 0.3 is 0 Å². The molecular formula is C22H23N3O3. The maximum Gasteiger partial charge on any atom is 0.289 e. The fourth-order valence-corrected chi connectivity index (χ4v) is 3.91. The number of piperidine rings is 1. The molecule has 2 fully saturated rings. The molecule has 2 aromatic rings. The zero-order chi connectivity index (χ0) is 19.5. The van der Waals surface area contributed by atoms with E-state index in [9.17, 15) is 9.59 Å². The van der Waals surface area contributed by atoms with Crippen molar-refractivity contribution in [3.63, 3.8) is 0 Å². The molecule has 2 aliphatic rings. The Morgan fingerprint density at radius 3 is 2.36 bits per heavy atom. The van der Waals surface area contributed by atoms with Crippen LogP contribution in [0, 0.1) is 17.2 Å². The Balaban J connectivity index is 1.45. The number of likely N-dealkylation sites (tertiary alicyclic amines) is 2. The SMILES string of the molecule is N#C[C@H]1CCCN(C(=O)c2ccc(-c3ccc(C(=O)N4CCCC4)o3)cc2)C1. The fraction of sp³-hybridized carbons (Fsp3) is 0.409. The van der Waals surface area contributed by atoms with Crippen molar-refractivity contribution in [2.45, 2.75) is 25.7 Å². The molecule has 1 aromatic heterocycles. The minimum atomic E-state index is -0.0772. The molecule has 28 heavy (non-hydrogen) atoms. The Kier molecular flexibility index (Phi) is 5.16. The highest BCUT2D eigenvalue weighted by molar-refractivity contribution is 5.95. The molecule has 0 aliphatic carbocycles. The van der Waals surface area contributed by atoms with E-state index >= 15 is 0 Å². The van der Waals surface area contributed by atoms with Crippen molar-refractivity contribution in [2.75, 3.05) is 26.2 Å². The monoisotopic (exact) mass is 377 g/mol. The van der Waals surface area contributed by atoms with Gasteiger partial charge in [-0.05, 0) is 49.9 Å². The normalized spacial score (nSPS) is 19.5. The summed E-state index contributed by atoms with van der Waals surface area (Å²) in [5.74, 6) is 0.784. The smallest absolute Gasteiger partial charge is 0.289 e. The van der Waals surface area contributed by atoms with Gasteiger partial charge in [0.25, 0.3) is 11.8 Å². The zero-order valence-electron chi connectivity index (χ0n) is 15.8. The average molecular weight is 377 g/mol.